The summed E-state index contributed by atoms with van der Waals surface area (Å²) in [4.78, 5) is 43.6. The average Bonchev–Trinajstić information content (AvgIpc) is 3.81. The highest BCUT2D eigenvalue weighted by molar-refractivity contribution is 7.14. The number of fused-ring (bicyclic) bond motifs is 2. The van der Waals surface area contributed by atoms with Crippen LogP contribution in [0.5, 0.6) is 11.5 Å². The number of aromatic nitrogens is 2. The Kier molecular flexibility index (Phi) is 8.36. The number of aliphatic imine (C=N–C) groups is 2. The first-order valence-corrected chi connectivity index (χ1v) is 17.3. The van der Waals surface area contributed by atoms with E-state index in [4.69, 9.17) is 8.83 Å². The van der Waals surface area contributed by atoms with Gasteiger partial charge in [-0.3, -0.25) is 0 Å². The second-order valence-corrected chi connectivity index (χ2v) is 13.1. The van der Waals surface area contributed by atoms with Gasteiger partial charge in [0.15, 0.2) is 0 Å². The zero-order valence-corrected chi connectivity index (χ0v) is 28.0. The van der Waals surface area contributed by atoms with Crippen LogP contribution in [0.25, 0.3) is 44.5 Å². The second kappa shape index (κ2) is 13.4. The van der Waals surface area contributed by atoms with Gasteiger partial charge >= 0.3 is 11.3 Å². The fourth-order valence-corrected chi connectivity index (χ4v) is 6.89. The number of benzene rings is 4. The first-order chi connectivity index (χ1) is 24.9. The molecule has 4 aromatic carbocycles. The van der Waals surface area contributed by atoms with Gasteiger partial charge in [0.1, 0.15) is 33.8 Å². The lowest BCUT2D eigenvalue weighted by Crippen LogP contribution is -2.04. The summed E-state index contributed by atoms with van der Waals surface area (Å²) in [6, 6.07) is 29.4. The Balaban J connectivity index is 1.08. The van der Waals surface area contributed by atoms with Crippen molar-refractivity contribution in [2.24, 2.45) is 9.98 Å². The summed E-state index contributed by atoms with van der Waals surface area (Å²) >= 11 is 2.48. The molecule has 2 N–H and O–H groups in total. The van der Waals surface area contributed by atoms with Crippen LogP contribution in [0.15, 0.2) is 136 Å². The summed E-state index contributed by atoms with van der Waals surface area (Å²) in [5, 5.41) is 27.4. The third kappa shape index (κ3) is 6.48. The van der Waals surface area contributed by atoms with Crippen LogP contribution in [0.1, 0.15) is 22.3 Å². The molecule has 0 saturated carbocycles. The van der Waals surface area contributed by atoms with E-state index in [2.05, 4.69) is 20.0 Å². The van der Waals surface area contributed by atoms with Gasteiger partial charge in [0.05, 0.1) is 22.2 Å². The summed E-state index contributed by atoms with van der Waals surface area (Å²) in [5.41, 5.74) is 2.83. The normalized spacial score (nSPS) is 11.8. The average molecular weight is 709 g/mol. The molecule has 0 spiro atoms. The van der Waals surface area contributed by atoms with Crippen molar-refractivity contribution in [3.8, 4) is 34.0 Å². The van der Waals surface area contributed by atoms with Gasteiger partial charge in [0.2, 0.25) is 10.3 Å². The van der Waals surface area contributed by atoms with Crippen LogP contribution in [-0.2, 0) is 6.42 Å². The Morgan fingerprint density at radius 3 is 1.47 bits per heavy atom. The lowest BCUT2D eigenvalue weighted by molar-refractivity contribution is 0.470. The van der Waals surface area contributed by atoms with Gasteiger partial charge in [-0.1, -0.05) is 72.8 Å². The summed E-state index contributed by atoms with van der Waals surface area (Å²) in [7, 11) is 0. The maximum absolute atomic E-state index is 13.0. The van der Waals surface area contributed by atoms with Gasteiger partial charge in [0.25, 0.3) is 0 Å². The third-order valence-corrected chi connectivity index (χ3v) is 9.53. The number of aromatic hydroxyl groups is 2. The molecule has 4 aromatic heterocycles. The predicted octanol–water partition coefficient (Wildman–Crippen LogP) is 8.65. The molecule has 248 valence electrons. The van der Waals surface area contributed by atoms with E-state index in [0.717, 1.165) is 22.3 Å². The van der Waals surface area contributed by atoms with Gasteiger partial charge in [0, 0.05) is 23.2 Å². The van der Waals surface area contributed by atoms with Crippen LogP contribution in [0.3, 0.4) is 0 Å². The molecule has 0 fully saturated rings. The van der Waals surface area contributed by atoms with Crippen molar-refractivity contribution in [2.45, 2.75) is 6.42 Å². The maximum atomic E-state index is 13.0. The van der Waals surface area contributed by atoms with E-state index in [0.29, 0.717) is 27.5 Å². The fraction of sp³-hybridized carbons (Fsp3) is 0.0256. The number of nitrogens with zero attached hydrogens (tertiary/aromatic N) is 4. The Morgan fingerprint density at radius 2 is 1.04 bits per heavy atom. The van der Waals surface area contributed by atoms with Crippen molar-refractivity contribution < 1.29 is 19.0 Å². The molecule has 0 aliphatic heterocycles. The molecule has 4 heterocycles. The first kappa shape index (κ1) is 31.7. The van der Waals surface area contributed by atoms with E-state index in [1.807, 2.05) is 60.7 Å². The largest absolute Gasteiger partial charge is 0.506 e. The quantitative estimate of drug-likeness (QED) is 0.118. The highest BCUT2D eigenvalue weighted by Crippen LogP contribution is 2.38. The summed E-state index contributed by atoms with van der Waals surface area (Å²) in [6.45, 7) is 0. The number of hydrogen-bond donors (Lipinski definition) is 2. The van der Waals surface area contributed by atoms with Crippen LogP contribution < -0.4 is 11.3 Å². The number of thiazole rings is 2. The predicted molar refractivity (Wildman–Crippen MR) is 201 cm³/mol. The standard InChI is InChI=1S/C39H24N4O6S2/c44-34-26-16-24(11-13-30(26)48-36(46)32(34)28-20-50-38(42-28)40-18-22-7-3-1-4-8-22)15-25-12-14-31-27(17-25)35(45)33(37(47)49-31)29-21-51-39(43-29)41-19-23-9-5-2-6-10-23/h1-14,16-21,44-45H,15H2/b40-18+,41-19+. The highest BCUT2D eigenvalue weighted by Gasteiger charge is 2.21. The Bertz CT molecular complexity index is 2560. The molecule has 0 radical (unpaired) electrons. The Labute approximate surface area is 296 Å². The molecule has 10 nitrogen and oxygen atoms in total. The van der Waals surface area contributed by atoms with Crippen molar-refractivity contribution in [1.82, 2.24) is 9.97 Å². The molecular formula is C39H24N4O6S2. The van der Waals surface area contributed by atoms with Crippen molar-refractivity contribution in [3.63, 3.8) is 0 Å². The molecule has 0 atom stereocenters. The zero-order valence-electron chi connectivity index (χ0n) is 26.4. The molecule has 8 rings (SSSR count). The molecule has 0 bridgehead atoms. The van der Waals surface area contributed by atoms with E-state index >= 15 is 0 Å². The molecule has 0 saturated heterocycles. The first-order valence-electron chi connectivity index (χ1n) is 15.6. The molecule has 8 aromatic rings. The van der Waals surface area contributed by atoms with E-state index < -0.39 is 11.3 Å². The van der Waals surface area contributed by atoms with Crippen LogP contribution >= 0.6 is 22.7 Å². The number of hydrogen-bond acceptors (Lipinski definition) is 12. The summed E-state index contributed by atoms with van der Waals surface area (Å²) < 4.78 is 11.1. The monoisotopic (exact) mass is 708 g/mol. The molecule has 0 aliphatic rings. The number of rotatable bonds is 8. The van der Waals surface area contributed by atoms with Crippen molar-refractivity contribution in [3.05, 3.63) is 151 Å². The Hall–Kier alpha value is -6.50. The minimum atomic E-state index is -0.714. The second-order valence-electron chi connectivity index (χ2n) is 11.4. The molecular weight excluding hydrogens is 685 g/mol. The van der Waals surface area contributed by atoms with Gasteiger partial charge < -0.3 is 19.0 Å². The molecule has 12 heteroatoms. The fourth-order valence-electron chi connectivity index (χ4n) is 5.59. The van der Waals surface area contributed by atoms with Crippen LogP contribution in [0, 0.1) is 0 Å². The summed E-state index contributed by atoms with van der Waals surface area (Å²) in [5.74, 6) is -0.490. The molecule has 0 unspecified atom stereocenters. The molecule has 0 aliphatic carbocycles. The van der Waals surface area contributed by atoms with E-state index in [-0.39, 0.29) is 45.2 Å². The van der Waals surface area contributed by atoms with E-state index in [1.54, 1.807) is 59.6 Å². The van der Waals surface area contributed by atoms with Gasteiger partial charge in [-0.05, 0) is 52.9 Å². The summed E-state index contributed by atoms with van der Waals surface area (Å²) in [6.07, 6.45) is 3.74. The Morgan fingerprint density at radius 1 is 0.608 bits per heavy atom. The van der Waals surface area contributed by atoms with Gasteiger partial charge in [-0.2, -0.15) is 0 Å². The third-order valence-electron chi connectivity index (χ3n) is 8.04. The highest BCUT2D eigenvalue weighted by atomic mass is 32.1. The zero-order chi connectivity index (χ0) is 34.9. The van der Waals surface area contributed by atoms with E-state index in [9.17, 15) is 19.8 Å². The lowest BCUT2D eigenvalue weighted by Gasteiger charge is -2.09. The minimum absolute atomic E-state index is 0.0498. The maximum Gasteiger partial charge on any atom is 0.349 e. The van der Waals surface area contributed by atoms with Crippen LogP contribution in [-0.4, -0.2) is 32.6 Å². The SMILES string of the molecule is O=c1oc2ccc(Cc3ccc4oc(=O)c(-c5csc(/N=C/c6ccccc6)n5)c(O)c4c3)cc2c(O)c1-c1csc(/N=C/c2ccccc2)n1. The smallest absolute Gasteiger partial charge is 0.349 e. The van der Waals surface area contributed by atoms with Crippen LogP contribution in [0.2, 0.25) is 0 Å². The van der Waals surface area contributed by atoms with Crippen LogP contribution in [0.4, 0.5) is 10.3 Å². The van der Waals surface area contributed by atoms with Gasteiger partial charge in [-0.25, -0.2) is 29.5 Å². The van der Waals surface area contributed by atoms with Gasteiger partial charge in [-0.15, -0.1) is 22.7 Å². The van der Waals surface area contributed by atoms with Crippen molar-refractivity contribution in [2.75, 3.05) is 0 Å². The van der Waals surface area contributed by atoms with Crippen molar-refractivity contribution >= 4 is 67.3 Å². The molecule has 0 amide bonds. The molecule has 51 heavy (non-hydrogen) atoms. The topological polar surface area (TPSA) is 151 Å². The lowest BCUT2D eigenvalue weighted by atomic mass is 10.00. The minimum Gasteiger partial charge on any atom is -0.506 e. The van der Waals surface area contributed by atoms with E-state index in [1.165, 1.54) is 22.7 Å². The van der Waals surface area contributed by atoms with Crippen molar-refractivity contribution in [1.29, 1.82) is 0 Å².